The minimum Gasteiger partial charge on any atom is -0.488 e. The SMILES string of the molecule is CC(C(N)=S)N(C)CC1Cc2ccccc2O1. The van der Waals surface area contributed by atoms with E-state index in [1.807, 2.05) is 32.2 Å². The molecule has 2 N–H and O–H groups in total. The van der Waals surface area contributed by atoms with E-state index in [0.29, 0.717) is 4.99 Å². The van der Waals surface area contributed by atoms with E-state index in [-0.39, 0.29) is 12.1 Å². The maximum atomic E-state index is 5.88. The average molecular weight is 250 g/mol. The van der Waals surface area contributed by atoms with Crippen LogP contribution in [0.2, 0.25) is 0 Å². The molecule has 0 aromatic heterocycles. The Bertz CT molecular complexity index is 397. The van der Waals surface area contributed by atoms with Crippen molar-refractivity contribution in [3.8, 4) is 5.75 Å². The molecule has 0 bridgehead atoms. The molecular formula is C13H18N2OS. The van der Waals surface area contributed by atoms with Crippen molar-refractivity contribution in [1.29, 1.82) is 0 Å². The molecule has 0 spiro atoms. The van der Waals surface area contributed by atoms with Gasteiger partial charge in [-0.2, -0.15) is 0 Å². The topological polar surface area (TPSA) is 38.5 Å². The minimum atomic E-state index is 0.109. The summed E-state index contributed by atoms with van der Waals surface area (Å²) in [6.45, 7) is 2.86. The number of benzene rings is 1. The number of nitrogens with two attached hydrogens (primary N) is 1. The van der Waals surface area contributed by atoms with Crippen molar-refractivity contribution >= 4 is 17.2 Å². The van der Waals surface area contributed by atoms with Gasteiger partial charge in [-0.05, 0) is 25.6 Å². The lowest BCUT2D eigenvalue weighted by atomic mass is 10.1. The Balaban J connectivity index is 1.94. The largest absolute Gasteiger partial charge is 0.488 e. The van der Waals surface area contributed by atoms with Gasteiger partial charge >= 0.3 is 0 Å². The van der Waals surface area contributed by atoms with Crippen molar-refractivity contribution in [1.82, 2.24) is 4.90 Å². The highest BCUT2D eigenvalue weighted by atomic mass is 32.1. The van der Waals surface area contributed by atoms with Crippen LogP contribution in [0.4, 0.5) is 0 Å². The normalized spacial score (nSPS) is 19.8. The van der Waals surface area contributed by atoms with Gasteiger partial charge in [0.15, 0.2) is 0 Å². The lowest BCUT2D eigenvalue weighted by Gasteiger charge is -2.26. The predicted molar refractivity (Wildman–Crippen MR) is 73.4 cm³/mol. The summed E-state index contributed by atoms with van der Waals surface area (Å²) >= 11 is 5.00. The summed E-state index contributed by atoms with van der Waals surface area (Å²) in [4.78, 5) is 2.67. The second kappa shape index (κ2) is 5.02. The summed E-state index contributed by atoms with van der Waals surface area (Å²) < 4.78 is 5.88. The van der Waals surface area contributed by atoms with E-state index in [1.54, 1.807) is 0 Å². The summed E-state index contributed by atoms with van der Waals surface area (Å²) in [6, 6.07) is 8.30. The molecule has 0 saturated heterocycles. The number of thiocarbonyl (C=S) groups is 1. The van der Waals surface area contributed by atoms with E-state index in [4.69, 9.17) is 22.7 Å². The van der Waals surface area contributed by atoms with E-state index >= 15 is 0 Å². The van der Waals surface area contributed by atoms with Crippen molar-refractivity contribution < 1.29 is 4.74 Å². The Hall–Kier alpha value is -1.13. The molecular weight excluding hydrogens is 232 g/mol. The molecule has 1 aliphatic heterocycles. The summed E-state index contributed by atoms with van der Waals surface area (Å²) in [5.74, 6) is 1.01. The molecule has 0 aliphatic carbocycles. The minimum absolute atomic E-state index is 0.109. The summed E-state index contributed by atoms with van der Waals surface area (Å²) in [6.07, 6.45) is 1.17. The fourth-order valence-electron chi connectivity index (χ4n) is 2.05. The van der Waals surface area contributed by atoms with Crippen LogP contribution in [-0.4, -0.2) is 35.6 Å². The van der Waals surface area contributed by atoms with Gasteiger partial charge in [0.2, 0.25) is 0 Å². The number of rotatable bonds is 4. The van der Waals surface area contributed by atoms with E-state index in [1.165, 1.54) is 5.56 Å². The third-order valence-corrected chi connectivity index (χ3v) is 3.62. The monoisotopic (exact) mass is 250 g/mol. The van der Waals surface area contributed by atoms with Crippen LogP contribution < -0.4 is 10.5 Å². The predicted octanol–water partition coefficient (Wildman–Crippen LogP) is 1.60. The fourth-order valence-corrected chi connectivity index (χ4v) is 2.23. The van der Waals surface area contributed by atoms with Gasteiger partial charge in [-0.3, -0.25) is 4.90 Å². The smallest absolute Gasteiger partial charge is 0.123 e. The second-order valence-corrected chi connectivity index (χ2v) is 5.04. The first-order valence-corrected chi connectivity index (χ1v) is 6.23. The van der Waals surface area contributed by atoms with Gasteiger partial charge in [-0.1, -0.05) is 30.4 Å². The molecule has 3 nitrogen and oxygen atoms in total. The summed E-state index contributed by atoms with van der Waals surface area (Å²) in [5.41, 5.74) is 6.93. The van der Waals surface area contributed by atoms with Crippen LogP contribution in [0, 0.1) is 0 Å². The van der Waals surface area contributed by atoms with Crippen molar-refractivity contribution in [3.05, 3.63) is 29.8 Å². The number of fused-ring (bicyclic) bond motifs is 1. The van der Waals surface area contributed by atoms with Crippen molar-refractivity contribution in [2.45, 2.75) is 25.5 Å². The first-order chi connectivity index (χ1) is 8.08. The van der Waals surface area contributed by atoms with E-state index in [2.05, 4.69) is 11.0 Å². The van der Waals surface area contributed by atoms with E-state index in [0.717, 1.165) is 18.7 Å². The third kappa shape index (κ3) is 2.76. The number of hydrogen-bond donors (Lipinski definition) is 1. The first kappa shape index (κ1) is 12.3. The molecule has 1 heterocycles. The van der Waals surface area contributed by atoms with Gasteiger partial charge in [-0.15, -0.1) is 0 Å². The van der Waals surface area contributed by atoms with Gasteiger partial charge in [0, 0.05) is 13.0 Å². The molecule has 92 valence electrons. The lowest BCUT2D eigenvalue weighted by molar-refractivity contribution is 0.161. The second-order valence-electron chi connectivity index (χ2n) is 4.57. The molecule has 1 aromatic rings. The van der Waals surface area contributed by atoms with Crippen LogP contribution >= 0.6 is 12.2 Å². The van der Waals surface area contributed by atoms with Gasteiger partial charge in [0.05, 0.1) is 11.0 Å². The first-order valence-electron chi connectivity index (χ1n) is 5.82. The summed E-state index contributed by atoms with van der Waals surface area (Å²) in [7, 11) is 2.02. The highest BCUT2D eigenvalue weighted by Crippen LogP contribution is 2.28. The Morgan fingerprint density at radius 1 is 1.59 bits per heavy atom. The molecule has 4 heteroatoms. The molecule has 0 fully saturated rings. The molecule has 2 atom stereocenters. The zero-order chi connectivity index (χ0) is 12.4. The van der Waals surface area contributed by atoms with Gasteiger partial charge in [-0.25, -0.2) is 0 Å². The number of likely N-dealkylation sites (N-methyl/N-ethyl adjacent to an activating group) is 1. The van der Waals surface area contributed by atoms with Crippen molar-refractivity contribution in [2.75, 3.05) is 13.6 Å². The zero-order valence-corrected chi connectivity index (χ0v) is 11.0. The van der Waals surface area contributed by atoms with Gasteiger partial charge in [0.1, 0.15) is 11.9 Å². The highest BCUT2D eigenvalue weighted by molar-refractivity contribution is 7.80. The molecule has 0 saturated carbocycles. The van der Waals surface area contributed by atoms with Crippen LogP contribution in [0.25, 0.3) is 0 Å². The fraction of sp³-hybridized carbons (Fsp3) is 0.462. The van der Waals surface area contributed by atoms with Crippen molar-refractivity contribution in [3.63, 3.8) is 0 Å². The summed E-state index contributed by atoms with van der Waals surface area (Å²) in [5, 5.41) is 0. The number of nitrogens with zero attached hydrogens (tertiary/aromatic N) is 1. The maximum absolute atomic E-state index is 5.88. The maximum Gasteiger partial charge on any atom is 0.123 e. The molecule has 17 heavy (non-hydrogen) atoms. The van der Waals surface area contributed by atoms with Crippen molar-refractivity contribution in [2.24, 2.45) is 5.73 Å². The number of hydrogen-bond acceptors (Lipinski definition) is 3. The molecule has 0 amide bonds. The molecule has 2 unspecified atom stereocenters. The van der Waals surface area contributed by atoms with Gasteiger partial charge in [0.25, 0.3) is 0 Å². The Kier molecular flexibility index (Phi) is 3.64. The molecule has 2 rings (SSSR count). The molecule has 1 aromatic carbocycles. The number of para-hydroxylation sites is 1. The quantitative estimate of drug-likeness (QED) is 0.824. The standard InChI is InChI=1S/C13H18N2OS/c1-9(13(14)17)15(2)8-11-7-10-5-3-4-6-12(10)16-11/h3-6,9,11H,7-8H2,1-2H3,(H2,14,17). The highest BCUT2D eigenvalue weighted by Gasteiger charge is 2.25. The molecule has 1 aliphatic rings. The Morgan fingerprint density at radius 2 is 2.29 bits per heavy atom. The van der Waals surface area contributed by atoms with Gasteiger partial charge < -0.3 is 10.5 Å². The lowest BCUT2D eigenvalue weighted by Crippen LogP contribution is -2.43. The van der Waals surface area contributed by atoms with Crippen LogP contribution in [0.5, 0.6) is 5.75 Å². The Morgan fingerprint density at radius 3 is 2.94 bits per heavy atom. The third-order valence-electron chi connectivity index (χ3n) is 3.28. The van der Waals surface area contributed by atoms with E-state index in [9.17, 15) is 0 Å². The van der Waals surface area contributed by atoms with Crippen LogP contribution in [0.1, 0.15) is 12.5 Å². The Labute approximate surface area is 108 Å². The average Bonchev–Trinajstić information content (AvgIpc) is 2.69. The van der Waals surface area contributed by atoms with Crippen LogP contribution in [0.15, 0.2) is 24.3 Å². The van der Waals surface area contributed by atoms with E-state index < -0.39 is 0 Å². The number of ether oxygens (including phenoxy) is 1. The van der Waals surface area contributed by atoms with Crippen LogP contribution in [0.3, 0.4) is 0 Å². The molecule has 0 radical (unpaired) electrons. The zero-order valence-electron chi connectivity index (χ0n) is 10.2. The van der Waals surface area contributed by atoms with Crippen LogP contribution in [-0.2, 0) is 6.42 Å².